The third-order valence-electron chi connectivity index (χ3n) is 4.62. The molecule has 3 N–H and O–H groups in total. The average Bonchev–Trinajstić information content (AvgIpc) is 2.46. The summed E-state index contributed by atoms with van der Waals surface area (Å²) >= 11 is 0. The summed E-state index contributed by atoms with van der Waals surface area (Å²) in [5, 5.41) is 22.4. The van der Waals surface area contributed by atoms with Gasteiger partial charge in [0.2, 0.25) is 0 Å². The Morgan fingerprint density at radius 2 is 2.00 bits per heavy atom. The molecule has 0 radical (unpaired) electrons. The molecule has 4 heteroatoms. The smallest absolute Gasteiger partial charge is 0.0540 e. The zero-order valence-corrected chi connectivity index (χ0v) is 13.5. The highest BCUT2D eigenvalue weighted by Crippen LogP contribution is 2.24. The molecule has 0 aromatic carbocycles. The lowest BCUT2D eigenvalue weighted by atomic mass is 9.88. The molecular weight excluding hydrogens is 252 g/mol. The van der Waals surface area contributed by atoms with Gasteiger partial charge >= 0.3 is 0 Å². The predicted octanol–water partition coefficient (Wildman–Crippen LogP) is 1.61. The van der Waals surface area contributed by atoms with Gasteiger partial charge < -0.3 is 15.5 Å². The summed E-state index contributed by atoms with van der Waals surface area (Å²) in [5.74, 6) is 0.583. The second kappa shape index (κ2) is 9.72. The molecule has 0 saturated carbocycles. The van der Waals surface area contributed by atoms with E-state index in [0.717, 1.165) is 45.3 Å². The van der Waals surface area contributed by atoms with Crippen LogP contribution in [0.25, 0.3) is 0 Å². The average molecular weight is 286 g/mol. The van der Waals surface area contributed by atoms with Crippen LogP contribution in [0, 0.1) is 5.92 Å². The van der Waals surface area contributed by atoms with Gasteiger partial charge in [-0.3, -0.25) is 4.90 Å². The summed E-state index contributed by atoms with van der Waals surface area (Å²) < 4.78 is 0. The van der Waals surface area contributed by atoms with E-state index in [2.05, 4.69) is 31.0 Å². The second-order valence-electron chi connectivity index (χ2n) is 6.34. The third-order valence-corrected chi connectivity index (χ3v) is 4.62. The lowest BCUT2D eigenvalue weighted by Crippen LogP contribution is -2.52. The van der Waals surface area contributed by atoms with Crippen molar-refractivity contribution in [2.24, 2.45) is 5.92 Å². The number of hydrogen-bond acceptors (Lipinski definition) is 4. The zero-order chi connectivity index (χ0) is 15.0. The molecule has 1 rings (SSSR count). The van der Waals surface area contributed by atoms with Crippen molar-refractivity contribution in [3.63, 3.8) is 0 Å². The molecule has 1 aliphatic rings. The summed E-state index contributed by atoms with van der Waals surface area (Å²) in [6.45, 7) is 9.94. The van der Waals surface area contributed by atoms with Crippen molar-refractivity contribution in [3.05, 3.63) is 0 Å². The maximum atomic E-state index is 9.92. The van der Waals surface area contributed by atoms with Crippen LogP contribution in [0.1, 0.15) is 52.9 Å². The van der Waals surface area contributed by atoms with Crippen LogP contribution in [0.2, 0.25) is 0 Å². The first kappa shape index (κ1) is 17.9. The Bertz CT molecular complexity index is 251. The molecule has 120 valence electrons. The molecule has 20 heavy (non-hydrogen) atoms. The summed E-state index contributed by atoms with van der Waals surface area (Å²) in [6, 6.07) is 1.11. The maximum absolute atomic E-state index is 9.92. The van der Waals surface area contributed by atoms with Crippen molar-refractivity contribution < 1.29 is 10.2 Å². The van der Waals surface area contributed by atoms with Crippen molar-refractivity contribution in [3.8, 4) is 0 Å². The second-order valence-corrected chi connectivity index (χ2v) is 6.34. The largest absolute Gasteiger partial charge is 0.396 e. The van der Waals surface area contributed by atoms with Gasteiger partial charge in [0, 0.05) is 31.8 Å². The number of nitrogens with zero attached hydrogens (tertiary/aromatic N) is 1. The molecule has 1 fully saturated rings. The van der Waals surface area contributed by atoms with Crippen molar-refractivity contribution >= 4 is 0 Å². The van der Waals surface area contributed by atoms with Gasteiger partial charge in [0.25, 0.3) is 0 Å². The fraction of sp³-hybridized carbons (Fsp3) is 1.00. The molecule has 0 aromatic rings. The van der Waals surface area contributed by atoms with Crippen molar-refractivity contribution in [2.75, 3.05) is 26.2 Å². The number of aliphatic hydroxyl groups excluding tert-OH is 2. The molecule has 1 heterocycles. The first-order valence-electron chi connectivity index (χ1n) is 8.36. The van der Waals surface area contributed by atoms with E-state index in [-0.39, 0.29) is 12.7 Å². The van der Waals surface area contributed by atoms with Gasteiger partial charge in [0.15, 0.2) is 0 Å². The number of rotatable bonds is 9. The van der Waals surface area contributed by atoms with Gasteiger partial charge in [-0.2, -0.15) is 0 Å². The summed E-state index contributed by atoms with van der Waals surface area (Å²) in [4.78, 5) is 2.56. The number of aliphatic hydroxyl groups is 2. The van der Waals surface area contributed by atoms with Crippen LogP contribution < -0.4 is 5.32 Å². The standard InChI is InChI=1S/C16H34N2O2/c1-4-13(3)18-11-14(10-16(20)5-2)9-15(12-18)17-7-6-8-19/h13-17,19-20H,4-12H2,1-3H3. The molecule has 0 aliphatic carbocycles. The molecule has 0 amide bonds. The lowest BCUT2D eigenvalue weighted by Gasteiger charge is -2.41. The Labute approximate surface area is 124 Å². The SMILES string of the molecule is CCC(O)CC1CC(NCCCO)CN(C(C)CC)C1. The van der Waals surface area contributed by atoms with Gasteiger partial charge in [-0.05, 0) is 51.5 Å². The number of hydrogen-bond donors (Lipinski definition) is 3. The molecule has 4 atom stereocenters. The number of piperidine rings is 1. The molecule has 0 aromatic heterocycles. The van der Waals surface area contributed by atoms with Crippen molar-refractivity contribution in [2.45, 2.75) is 71.1 Å². The topological polar surface area (TPSA) is 55.7 Å². The van der Waals surface area contributed by atoms with Crippen molar-refractivity contribution in [1.82, 2.24) is 10.2 Å². The van der Waals surface area contributed by atoms with E-state index < -0.39 is 0 Å². The Hall–Kier alpha value is -0.160. The van der Waals surface area contributed by atoms with Crippen LogP contribution in [-0.2, 0) is 0 Å². The van der Waals surface area contributed by atoms with Crippen LogP contribution in [0.5, 0.6) is 0 Å². The lowest BCUT2D eigenvalue weighted by molar-refractivity contribution is 0.0643. The first-order chi connectivity index (χ1) is 9.60. The molecule has 0 spiro atoms. The predicted molar refractivity (Wildman–Crippen MR) is 83.8 cm³/mol. The minimum Gasteiger partial charge on any atom is -0.396 e. The Kier molecular flexibility index (Phi) is 8.69. The summed E-state index contributed by atoms with van der Waals surface area (Å²) in [7, 11) is 0. The minimum absolute atomic E-state index is 0.157. The maximum Gasteiger partial charge on any atom is 0.0540 e. The van der Waals surface area contributed by atoms with E-state index >= 15 is 0 Å². The Morgan fingerprint density at radius 1 is 1.25 bits per heavy atom. The summed E-state index contributed by atoms with van der Waals surface area (Å²) in [6.07, 6.45) is 4.75. The summed E-state index contributed by atoms with van der Waals surface area (Å²) in [5.41, 5.74) is 0. The quantitative estimate of drug-likeness (QED) is 0.564. The Morgan fingerprint density at radius 3 is 2.60 bits per heavy atom. The van der Waals surface area contributed by atoms with E-state index in [1.165, 1.54) is 6.42 Å². The van der Waals surface area contributed by atoms with E-state index in [1.807, 2.05) is 0 Å². The molecule has 0 bridgehead atoms. The van der Waals surface area contributed by atoms with E-state index in [1.54, 1.807) is 0 Å². The molecular formula is C16H34N2O2. The molecule has 1 saturated heterocycles. The van der Waals surface area contributed by atoms with E-state index in [9.17, 15) is 5.11 Å². The van der Waals surface area contributed by atoms with Crippen LogP contribution in [0.15, 0.2) is 0 Å². The number of likely N-dealkylation sites (tertiary alicyclic amines) is 1. The fourth-order valence-corrected chi connectivity index (χ4v) is 3.11. The molecule has 4 unspecified atom stereocenters. The van der Waals surface area contributed by atoms with Crippen LogP contribution >= 0.6 is 0 Å². The Balaban J connectivity index is 2.52. The van der Waals surface area contributed by atoms with Gasteiger partial charge in [-0.15, -0.1) is 0 Å². The molecule has 4 nitrogen and oxygen atoms in total. The first-order valence-corrected chi connectivity index (χ1v) is 8.36. The van der Waals surface area contributed by atoms with Crippen LogP contribution in [0.4, 0.5) is 0 Å². The highest BCUT2D eigenvalue weighted by atomic mass is 16.3. The van der Waals surface area contributed by atoms with Gasteiger partial charge in [-0.25, -0.2) is 0 Å². The van der Waals surface area contributed by atoms with Gasteiger partial charge in [0.1, 0.15) is 0 Å². The number of nitrogens with one attached hydrogen (secondary N) is 1. The van der Waals surface area contributed by atoms with Crippen molar-refractivity contribution in [1.29, 1.82) is 0 Å². The van der Waals surface area contributed by atoms with Crippen LogP contribution in [0.3, 0.4) is 0 Å². The van der Waals surface area contributed by atoms with Gasteiger partial charge in [-0.1, -0.05) is 13.8 Å². The zero-order valence-electron chi connectivity index (χ0n) is 13.5. The third kappa shape index (κ3) is 6.08. The van der Waals surface area contributed by atoms with Gasteiger partial charge in [0.05, 0.1) is 6.10 Å². The highest BCUT2D eigenvalue weighted by molar-refractivity contribution is 4.86. The monoisotopic (exact) mass is 286 g/mol. The van der Waals surface area contributed by atoms with Crippen LogP contribution in [-0.4, -0.2) is 59.5 Å². The normalized spacial score (nSPS) is 27.4. The van der Waals surface area contributed by atoms with E-state index in [0.29, 0.717) is 18.0 Å². The van der Waals surface area contributed by atoms with E-state index in [4.69, 9.17) is 5.11 Å². The highest BCUT2D eigenvalue weighted by Gasteiger charge is 2.29. The fourth-order valence-electron chi connectivity index (χ4n) is 3.11. The molecule has 1 aliphatic heterocycles. The minimum atomic E-state index is -0.157.